The van der Waals surface area contributed by atoms with Gasteiger partial charge in [0.05, 0.1) is 12.1 Å². The Morgan fingerprint density at radius 3 is 2.48 bits per heavy atom. The van der Waals surface area contributed by atoms with E-state index in [1.54, 1.807) is 41.3 Å². The van der Waals surface area contributed by atoms with Crippen LogP contribution in [0.4, 0.5) is 5.69 Å². The Balaban J connectivity index is 1.18. The summed E-state index contributed by atoms with van der Waals surface area (Å²) < 4.78 is 5.93. The first kappa shape index (κ1) is 27.2. The van der Waals surface area contributed by atoms with Crippen LogP contribution < -0.4 is 5.32 Å². The lowest BCUT2D eigenvalue weighted by atomic mass is 10.0. The molecule has 12 nitrogen and oxygen atoms in total. The summed E-state index contributed by atoms with van der Waals surface area (Å²) in [6, 6.07) is 18.8. The van der Waals surface area contributed by atoms with Crippen LogP contribution in [0.1, 0.15) is 54.7 Å². The molecule has 42 heavy (non-hydrogen) atoms. The first-order valence-corrected chi connectivity index (χ1v) is 13.9. The van der Waals surface area contributed by atoms with Gasteiger partial charge >= 0.3 is 0 Å². The number of carbonyl (C=O) groups excluding carboxylic acids is 2. The normalized spacial score (nSPS) is 14.8. The van der Waals surface area contributed by atoms with Crippen molar-refractivity contribution >= 4 is 28.6 Å². The van der Waals surface area contributed by atoms with E-state index in [9.17, 15) is 9.59 Å². The van der Waals surface area contributed by atoms with E-state index >= 15 is 0 Å². The summed E-state index contributed by atoms with van der Waals surface area (Å²) in [6.45, 7) is 7.83. The standard InChI is InChI=1S/C30H31N9O3/c1-19(2)39-35-28(34-36-39)27(21-7-5-4-6-8-21)37-13-15-38(16-14-37)30(41)25-17-22(11-12-31-25)29-33-24-18-23(32-20(3)40)9-10-26(24)42-29/h4-12,17-19,27H,13-16H2,1-3H3,(H,32,40)/t27-/m0/s1. The first-order chi connectivity index (χ1) is 20.4. The Hall–Kier alpha value is -4.97. The van der Waals surface area contributed by atoms with Crippen molar-refractivity contribution in [2.75, 3.05) is 31.5 Å². The number of hydrogen-bond acceptors (Lipinski definition) is 9. The van der Waals surface area contributed by atoms with Crippen LogP contribution in [-0.2, 0) is 4.79 Å². The van der Waals surface area contributed by atoms with Gasteiger partial charge in [-0.3, -0.25) is 19.5 Å². The topological polar surface area (TPSA) is 135 Å². The zero-order chi connectivity index (χ0) is 29.2. The van der Waals surface area contributed by atoms with Crippen LogP contribution in [0.25, 0.3) is 22.6 Å². The lowest BCUT2D eigenvalue weighted by molar-refractivity contribution is -0.114. The van der Waals surface area contributed by atoms with Crippen molar-refractivity contribution in [3.8, 4) is 11.5 Å². The van der Waals surface area contributed by atoms with Crippen LogP contribution in [0.2, 0.25) is 0 Å². The van der Waals surface area contributed by atoms with E-state index in [1.165, 1.54) is 6.92 Å². The average Bonchev–Trinajstić information content (AvgIpc) is 3.66. The van der Waals surface area contributed by atoms with E-state index in [0.29, 0.717) is 65.9 Å². The summed E-state index contributed by atoms with van der Waals surface area (Å²) in [4.78, 5) is 39.6. The number of pyridine rings is 1. The highest BCUT2D eigenvalue weighted by atomic mass is 16.3. The Morgan fingerprint density at radius 2 is 1.76 bits per heavy atom. The van der Waals surface area contributed by atoms with Crippen molar-refractivity contribution in [3.63, 3.8) is 0 Å². The first-order valence-electron chi connectivity index (χ1n) is 13.9. The highest BCUT2D eigenvalue weighted by molar-refractivity contribution is 5.94. The van der Waals surface area contributed by atoms with Crippen molar-refractivity contribution in [3.05, 3.63) is 83.9 Å². The molecule has 1 aliphatic heterocycles. The Kier molecular flexibility index (Phi) is 7.44. The van der Waals surface area contributed by atoms with Crippen molar-refractivity contribution in [2.24, 2.45) is 0 Å². The molecule has 12 heteroatoms. The van der Waals surface area contributed by atoms with Gasteiger partial charge in [0.1, 0.15) is 11.2 Å². The number of nitrogens with zero attached hydrogens (tertiary/aromatic N) is 8. The summed E-state index contributed by atoms with van der Waals surface area (Å²) in [7, 11) is 0. The van der Waals surface area contributed by atoms with Crippen LogP contribution in [0, 0.1) is 0 Å². The molecule has 0 spiro atoms. The number of amides is 2. The molecule has 3 aromatic heterocycles. The molecule has 1 aliphatic rings. The Labute approximate surface area is 242 Å². The predicted molar refractivity (Wildman–Crippen MR) is 156 cm³/mol. The van der Waals surface area contributed by atoms with Crippen LogP contribution >= 0.6 is 0 Å². The highest BCUT2D eigenvalue weighted by Gasteiger charge is 2.32. The van der Waals surface area contributed by atoms with Gasteiger partial charge in [0.15, 0.2) is 11.4 Å². The summed E-state index contributed by atoms with van der Waals surface area (Å²) in [5, 5.41) is 16.0. The fraction of sp³-hybridized carbons (Fsp3) is 0.300. The number of hydrogen-bond donors (Lipinski definition) is 1. The lowest BCUT2D eigenvalue weighted by Crippen LogP contribution is -2.50. The number of fused-ring (bicyclic) bond motifs is 1. The molecule has 1 saturated heterocycles. The molecular formula is C30H31N9O3. The van der Waals surface area contributed by atoms with Gasteiger partial charge < -0.3 is 14.6 Å². The monoisotopic (exact) mass is 565 g/mol. The molecule has 0 bridgehead atoms. The quantitative estimate of drug-likeness (QED) is 0.311. The Bertz CT molecular complexity index is 1720. The minimum atomic E-state index is -0.164. The van der Waals surface area contributed by atoms with Crippen molar-refractivity contribution in [1.29, 1.82) is 0 Å². The minimum absolute atomic E-state index is 0.108. The van der Waals surface area contributed by atoms with Crippen molar-refractivity contribution in [1.82, 2.24) is 40.0 Å². The molecule has 4 heterocycles. The molecule has 5 aromatic rings. The number of anilines is 1. The van der Waals surface area contributed by atoms with Gasteiger partial charge in [-0.2, -0.15) is 4.80 Å². The SMILES string of the molecule is CC(=O)Nc1ccc2oc(-c3ccnc(C(=O)N4CCN([C@@H](c5ccccc5)c5nnn(C(C)C)n5)CC4)c3)nc2c1. The van der Waals surface area contributed by atoms with Crippen LogP contribution in [0.15, 0.2) is 71.3 Å². The molecule has 214 valence electrons. The smallest absolute Gasteiger partial charge is 0.272 e. The third kappa shape index (κ3) is 5.61. The van der Waals surface area contributed by atoms with E-state index in [0.717, 1.165) is 5.56 Å². The molecule has 1 atom stereocenters. The molecule has 2 amide bonds. The average molecular weight is 566 g/mol. The molecule has 1 fully saturated rings. The molecular weight excluding hydrogens is 534 g/mol. The van der Waals surface area contributed by atoms with E-state index in [1.807, 2.05) is 36.9 Å². The van der Waals surface area contributed by atoms with Gasteiger partial charge in [-0.05, 0) is 55.0 Å². The molecule has 0 unspecified atom stereocenters. The van der Waals surface area contributed by atoms with Crippen molar-refractivity contribution < 1.29 is 14.0 Å². The molecule has 0 radical (unpaired) electrons. The van der Waals surface area contributed by atoms with Gasteiger partial charge in [-0.25, -0.2) is 4.98 Å². The molecule has 2 aromatic carbocycles. The number of nitrogens with one attached hydrogen (secondary N) is 1. The van der Waals surface area contributed by atoms with Gasteiger partial charge in [-0.1, -0.05) is 30.3 Å². The number of rotatable bonds is 7. The maximum absolute atomic E-state index is 13.5. The van der Waals surface area contributed by atoms with Crippen LogP contribution in [0.5, 0.6) is 0 Å². The Morgan fingerprint density at radius 1 is 0.976 bits per heavy atom. The highest BCUT2D eigenvalue weighted by Crippen LogP contribution is 2.29. The third-order valence-corrected chi connectivity index (χ3v) is 7.17. The van der Waals surface area contributed by atoms with E-state index in [4.69, 9.17) is 4.42 Å². The fourth-order valence-electron chi connectivity index (χ4n) is 5.08. The number of aromatic nitrogens is 6. The fourth-order valence-corrected chi connectivity index (χ4v) is 5.08. The third-order valence-electron chi connectivity index (χ3n) is 7.17. The van der Waals surface area contributed by atoms with E-state index in [2.05, 4.69) is 47.7 Å². The minimum Gasteiger partial charge on any atom is -0.436 e. The number of piperazine rings is 1. The van der Waals surface area contributed by atoms with Crippen LogP contribution in [-0.4, -0.2) is 78.0 Å². The number of benzene rings is 2. The zero-order valence-electron chi connectivity index (χ0n) is 23.6. The van der Waals surface area contributed by atoms with E-state index in [-0.39, 0.29) is 23.9 Å². The predicted octanol–water partition coefficient (Wildman–Crippen LogP) is 3.96. The molecule has 0 saturated carbocycles. The lowest BCUT2D eigenvalue weighted by Gasteiger charge is -2.38. The summed E-state index contributed by atoms with van der Waals surface area (Å²) >= 11 is 0. The maximum Gasteiger partial charge on any atom is 0.272 e. The number of tetrazole rings is 1. The van der Waals surface area contributed by atoms with Crippen LogP contribution in [0.3, 0.4) is 0 Å². The van der Waals surface area contributed by atoms with Gasteiger partial charge in [0.2, 0.25) is 11.8 Å². The summed E-state index contributed by atoms with van der Waals surface area (Å²) in [6.07, 6.45) is 1.59. The molecule has 0 aliphatic carbocycles. The van der Waals surface area contributed by atoms with Gasteiger partial charge in [0.25, 0.3) is 5.91 Å². The van der Waals surface area contributed by atoms with Gasteiger partial charge in [0, 0.05) is 50.6 Å². The number of oxazole rings is 1. The van der Waals surface area contributed by atoms with E-state index < -0.39 is 0 Å². The molecule has 6 rings (SSSR count). The summed E-state index contributed by atoms with van der Waals surface area (Å²) in [5.41, 5.74) is 3.87. The second-order valence-corrected chi connectivity index (χ2v) is 10.5. The maximum atomic E-state index is 13.5. The second kappa shape index (κ2) is 11.5. The van der Waals surface area contributed by atoms with Gasteiger partial charge in [-0.15, -0.1) is 10.2 Å². The largest absolute Gasteiger partial charge is 0.436 e. The second-order valence-electron chi connectivity index (χ2n) is 10.5. The number of carbonyl (C=O) groups is 2. The molecule has 1 N–H and O–H groups in total. The van der Waals surface area contributed by atoms with Crippen molar-refractivity contribution in [2.45, 2.75) is 32.9 Å². The zero-order valence-corrected chi connectivity index (χ0v) is 23.6. The summed E-state index contributed by atoms with van der Waals surface area (Å²) in [5.74, 6) is 0.702.